The summed E-state index contributed by atoms with van der Waals surface area (Å²) in [6.07, 6.45) is 10.00. The van der Waals surface area contributed by atoms with E-state index >= 15 is 0 Å². The average molecular weight is 106 g/mol. The molecule has 0 fully saturated rings. The lowest BCUT2D eigenvalue weighted by Gasteiger charge is -2.11. The molecule has 0 unspecified atom stereocenters. The van der Waals surface area contributed by atoms with Crippen molar-refractivity contribution >= 4 is 0 Å². The molecule has 8 heavy (non-hydrogen) atoms. The Balaban J connectivity index is 1.90. The largest absolute Gasteiger partial charge is 0.0847 e. The Bertz CT molecular complexity index is 161. The SMILES string of the molecule is C1=C(CC2=CCC2)C1. The molecule has 2 aliphatic carbocycles. The zero-order valence-corrected chi connectivity index (χ0v) is 4.98. The van der Waals surface area contributed by atoms with Gasteiger partial charge in [0, 0.05) is 0 Å². The molecule has 0 nitrogen and oxygen atoms in total. The van der Waals surface area contributed by atoms with Crippen molar-refractivity contribution in [3.05, 3.63) is 23.3 Å². The molecule has 2 rings (SSSR count). The molecule has 0 spiro atoms. The number of hydrogen-bond acceptors (Lipinski definition) is 0. The maximum Gasteiger partial charge on any atom is -0.0105 e. The van der Waals surface area contributed by atoms with E-state index in [1.54, 1.807) is 11.1 Å². The zero-order valence-electron chi connectivity index (χ0n) is 4.98. The highest BCUT2D eigenvalue weighted by Gasteiger charge is 2.12. The van der Waals surface area contributed by atoms with E-state index in [9.17, 15) is 0 Å². The van der Waals surface area contributed by atoms with E-state index in [0.29, 0.717) is 0 Å². The zero-order chi connectivity index (χ0) is 5.40. The fourth-order valence-electron chi connectivity index (χ4n) is 1.02. The van der Waals surface area contributed by atoms with Gasteiger partial charge in [-0.3, -0.25) is 0 Å². The first-order valence-corrected chi connectivity index (χ1v) is 3.31. The second kappa shape index (κ2) is 1.48. The van der Waals surface area contributed by atoms with Crippen molar-refractivity contribution < 1.29 is 0 Å². The normalized spacial score (nSPS) is 23.5. The van der Waals surface area contributed by atoms with Gasteiger partial charge < -0.3 is 0 Å². The van der Waals surface area contributed by atoms with Crippen molar-refractivity contribution in [3.63, 3.8) is 0 Å². The maximum atomic E-state index is 2.36. The first-order chi connectivity index (χ1) is 3.95. The van der Waals surface area contributed by atoms with Gasteiger partial charge in [0.25, 0.3) is 0 Å². The summed E-state index contributed by atoms with van der Waals surface area (Å²) < 4.78 is 0. The standard InChI is InChI=1S/C8H10/c1-2-7(3-1)6-8-4-5-8/h2,4H,1,3,5-6H2. The van der Waals surface area contributed by atoms with Crippen LogP contribution in [0, 0.1) is 0 Å². The lowest BCUT2D eigenvalue weighted by Crippen LogP contribution is -1.91. The van der Waals surface area contributed by atoms with E-state index in [-0.39, 0.29) is 0 Å². The number of hydrogen-bond donors (Lipinski definition) is 0. The van der Waals surface area contributed by atoms with Crippen molar-refractivity contribution in [2.24, 2.45) is 0 Å². The fourth-order valence-corrected chi connectivity index (χ4v) is 1.02. The van der Waals surface area contributed by atoms with Crippen LogP contribution in [0.1, 0.15) is 25.7 Å². The van der Waals surface area contributed by atoms with Crippen LogP contribution in [0.25, 0.3) is 0 Å². The summed E-state index contributed by atoms with van der Waals surface area (Å²) in [5, 5.41) is 0. The Morgan fingerprint density at radius 2 is 2.00 bits per heavy atom. The summed E-state index contributed by atoms with van der Waals surface area (Å²) in [5.74, 6) is 0. The van der Waals surface area contributed by atoms with Crippen LogP contribution >= 0.6 is 0 Å². The van der Waals surface area contributed by atoms with Crippen LogP contribution in [0.15, 0.2) is 23.3 Å². The number of rotatable bonds is 2. The molecule has 0 aromatic heterocycles. The minimum atomic E-state index is 1.30. The molecule has 0 saturated carbocycles. The van der Waals surface area contributed by atoms with E-state index in [1.165, 1.54) is 25.7 Å². The van der Waals surface area contributed by atoms with Gasteiger partial charge in [-0.15, -0.1) is 0 Å². The molecule has 0 aliphatic heterocycles. The topological polar surface area (TPSA) is 0 Å². The Morgan fingerprint density at radius 3 is 2.38 bits per heavy atom. The third-order valence-electron chi connectivity index (χ3n) is 1.85. The molecule has 0 N–H and O–H groups in total. The molecule has 0 radical (unpaired) electrons. The van der Waals surface area contributed by atoms with Crippen molar-refractivity contribution in [1.29, 1.82) is 0 Å². The maximum absolute atomic E-state index is 2.36. The minimum Gasteiger partial charge on any atom is -0.0847 e. The Labute approximate surface area is 49.9 Å². The van der Waals surface area contributed by atoms with Crippen molar-refractivity contribution in [2.45, 2.75) is 25.7 Å². The smallest absolute Gasteiger partial charge is 0.0105 e. The van der Waals surface area contributed by atoms with Crippen LogP contribution in [0.4, 0.5) is 0 Å². The molecular formula is C8H10. The van der Waals surface area contributed by atoms with Gasteiger partial charge >= 0.3 is 0 Å². The van der Waals surface area contributed by atoms with E-state index in [4.69, 9.17) is 0 Å². The van der Waals surface area contributed by atoms with Crippen molar-refractivity contribution in [1.82, 2.24) is 0 Å². The quantitative estimate of drug-likeness (QED) is 0.474. The third-order valence-corrected chi connectivity index (χ3v) is 1.85. The molecule has 0 amide bonds. The van der Waals surface area contributed by atoms with Gasteiger partial charge in [0.15, 0.2) is 0 Å². The van der Waals surface area contributed by atoms with Gasteiger partial charge in [-0.2, -0.15) is 0 Å². The van der Waals surface area contributed by atoms with Crippen molar-refractivity contribution in [2.75, 3.05) is 0 Å². The third kappa shape index (κ3) is 0.706. The monoisotopic (exact) mass is 106 g/mol. The first-order valence-electron chi connectivity index (χ1n) is 3.31. The molecule has 0 aromatic carbocycles. The van der Waals surface area contributed by atoms with E-state index in [1.807, 2.05) is 0 Å². The molecule has 0 heteroatoms. The first kappa shape index (κ1) is 4.37. The summed E-state index contributed by atoms with van der Waals surface area (Å²) in [4.78, 5) is 0. The minimum absolute atomic E-state index is 1.30. The second-order valence-corrected chi connectivity index (χ2v) is 2.64. The van der Waals surface area contributed by atoms with E-state index in [0.717, 1.165) is 0 Å². The Morgan fingerprint density at radius 1 is 1.25 bits per heavy atom. The molecular weight excluding hydrogens is 96.1 g/mol. The van der Waals surface area contributed by atoms with Gasteiger partial charge in [0.2, 0.25) is 0 Å². The molecule has 0 heterocycles. The fraction of sp³-hybridized carbons (Fsp3) is 0.500. The molecule has 0 atom stereocenters. The summed E-state index contributed by atoms with van der Waals surface area (Å²) in [7, 11) is 0. The van der Waals surface area contributed by atoms with Gasteiger partial charge in [0.1, 0.15) is 0 Å². The highest BCUT2D eigenvalue weighted by molar-refractivity contribution is 5.30. The molecule has 0 bridgehead atoms. The average Bonchev–Trinajstić information content (AvgIpc) is 2.36. The summed E-state index contributed by atoms with van der Waals surface area (Å²) >= 11 is 0. The molecule has 42 valence electrons. The Kier molecular flexibility index (Phi) is 0.806. The lowest BCUT2D eigenvalue weighted by molar-refractivity contribution is 0.832. The summed E-state index contributed by atoms with van der Waals surface area (Å²) in [6.45, 7) is 0. The van der Waals surface area contributed by atoms with Gasteiger partial charge in [-0.1, -0.05) is 23.3 Å². The van der Waals surface area contributed by atoms with Crippen LogP contribution in [-0.4, -0.2) is 0 Å². The van der Waals surface area contributed by atoms with Crippen LogP contribution in [0.3, 0.4) is 0 Å². The van der Waals surface area contributed by atoms with Crippen LogP contribution in [0.2, 0.25) is 0 Å². The van der Waals surface area contributed by atoms with Crippen LogP contribution in [0.5, 0.6) is 0 Å². The van der Waals surface area contributed by atoms with Gasteiger partial charge in [-0.25, -0.2) is 0 Å². The molecule has 0 saturated heterocycles. The van der Waals surface area contributed by atoms with Crippen molar-refractivity contribution in [3.8, 4) is 0 Å². The predicted octanol–water partition coefficient (Wildman–Crippen LogP) is 2.43. The summed E-state index contributed by atoms with van der Waals surface area (Å²) in [5.41, 5.74) is 3.34. The second-order valence-electron chi connectivity index (χ2n) is 2.64. The van der Waals surface area contributed by atoms with E-state index < -0.39 is 0 Å². The molecule has 0 aromatic rings. The van der Waals surface area contributed by atoms with Crippen LogP contribution in [-0.2, 0) is 0 Å². The Hall–Kier alpha value is -0.520. The number of allylic oxidation sites excluding steroid dienone is 4. The van der Waals surface area contributed by atoms with Gasteiger partial charge in [-0.05, 0) is 25.7 Å². The molecule has 2 aliphatic rings. The van der Waals surface area contributed by atoms with Crippen LogP contribution < -0.4 is 0 Å². The van der Waals surface area contributed by atoms with Gasteiger partial charge in [0.05, 0.1) is 0 Å². The highest BCUT2D eigenvalue weighted by atomic mass is 14.2. The summed E-state index contributed by atoms with van der Waals surface area (Å²) in [6, 6.07) is 0. The lowest BCUT2D eigenvalue weighted by atomic mass is 9.95. The van der Waals surface area contributed by atoms with E-state index in [2.05, 4.69) is 12.2 Å². The predicted molar refractivity (Wildman–Crippen MR) is 34.6 cm³/mol. The highest BCUT2D eigenvalue weighted by Crippen LogP contribution is 2.32.